The van der Waals surface area contributed by atoms with Gasteiger partial charge in [0.2, 0.25) is 0 Å². The first-order chi connectivity index (χ1) is 8.75. The number of rotatable bonds is 5. The van der Waals surface area contributed by atoms with Crippen LogP contribution in [0, 0.1) is 0 Å². The summed E-state index contributed by atoms with van der Waals surface area (Å²) in [6.07, 6.45) is 1.24. The first kappa shape index (κ1) is 12.4. The molecule has 2 rings (SSSR count). The van der Waals surface area contributed by atoms with Crippen molar-refractivity contribution < 1.29 is 14.4 Å². The molecule has 3 N–H and O–H groups in total. The van der Waals surface area contributed by atoms with Gasteiger partial charge in [-0.25, -0.2) is 4.57 Å². The number of anilines is 1. The van der Waals surface area contributed by atoms with Gasteiger partial charge in [0.15, 0.2) is 0 Å². The summed E-state index contributed by atoms with van der Waals surface area (Å²) in [5.74, 6) is 1.37. The van der Waals surface area contributed by atoms with Gasteiger partial charge in [0, 0.05) is 6.07 Å². The largest absolute Gasteiger partial charge is 0.491 e. The van der Waals surface area contributed by atoms with Crippen molar-refractivity contribution in [2.24, 2.45) is 0 Å². The number of hydrogen-bond donors (Lipinski definition) is 2. The minimum Gasteiger partial charge on any atom is -0.491 e. The number of nitrogens with two attached hydrogens (primary N) is 1. The maximum atomic E-state index is 9.89. The van der Waals surface area contributed by atoms with Gasteiger partial charge in [0.25, 0.3) is 5.82 Å². The van der Waals surface area contributed by atoms with Gasteiger partial charge >= 0.3 is 0 Å². The Balaban J connectivity index is 1.86. The molecule has 0 aliphatic carbocycles. The van der Waals surface area contributed by atoms with Crippen molar-refractivity contribution in [1.29, 1.82) is 0 Å². The Morgan fingerprint density at radius 3 is 2.56 bits per heavy atom. The van der Waals surface area contributed by atoms with E-state index in [0.717, 1.165) is 5.75 Å². The predicted molar refractivity (Wildman–Crippen MR) is 69.0 cm³/mol. The van der Waals surface area contributed by atoms with E-state index < -0.39 is 6.10 Å². The number of aliphatic hydroxyl groups excluding tert-OH is 1. The molecule has 1 atom stereocenters. The normalized spacial score (nSPS) is 12.1. The number of ether oxygens (including phenoxy) is 1. The highest BCUT2D eigenvalue weighted by molar-refractivity contribution is 5.21. The van der Waals surface area contributed by atoms with Crippen LogP contribution in [0.1, 0.15) is 0 Å². The fourth-order valence-corrected chi connectivity index (χ4v) is 1.64. The van der Waals surface area contributed by atoms with Gasteiger partial charge in [0.1, 0.15) is 25.0 Å². The van der Waals surface area contributed by atoms with E-state index in [9.17, 15) is 5.11 Å². The molecule has 1 aromatic heterocycles. The number of aromatic nitrogens is 1. The van der Waals surface area contributed by atoms with Crippen molar-refractivity contribution in [1.82, 2.24) is 0 Å². The van der Waals surface area contributed by atoms with Crippen molar-refractivity contribution in [2.45, 2.75) is 12.6 Å². The zero-order chi connectivity index (χ0) is 12.8. The lowest BCUT2D eigenvalue weighted by atomic mass is 10.3. The van der Waals surface area contributed by atoms with E-state index in [1.54, 1.807) is 10.6 Å². The third-order valence-electron chi connectivity index (χ3n) is 2.57. The number of benzene rings is 1. The van der Waals surface area contributed by atoms with E-state index in [0.29, 0.717) is 12.4 Å². The number of para-hydroxylation sites is 1. The Labute approximate surface area is 106 Å². The number of nitrogen functional groups attached to an aromatic ring is 1. The van der Waals surface area contributed by atoms with Crippen LogP contribution in [0.15, 0.2) is 54.7 Å². The molecular weight excluding hydrogens is 228 g/mol. The first-order valence-corrected chi connectivity index (χ1v) is 5.85. The van der Waals surface area contributed by atoms with Gasteiger partial charge in [0.05, 0.1) is 6.20 Å². The summed E-state index contributed by atoms with van der Waals surface area (Å²) < 4.78 is 7.27. The van der Waals surface area contributed by atoms with Crippen molar-refractivity contribution >= 4 is 5.82 Å². The Hall–Kier alpha value is -2.07. The van der Waals surface area contributed by atoms with Crippen LogP contribution >= 0.6 is 0 Å². The standard InChI is InChI=1S/C14H16N2O2/c15-14-8-4-5-9-16(14)10-12(17)11-18-13-6-2-1-3-7-13/h1-9,12,15,17H,10-11H2/p+1/t12-/m1/s1. The minimum absolute atomic E-state index is 0.241. The Bertz CT molecular complexity index is 488. The van der Waals surface area contributed by atoms with E-state index in [1.807, 2.05) is 48.7 Å². The van der Waals surface area contributed by atoms with Gasteiger partial charge in [-0.2, -0.15) is 0 Å². The number of aliphatic hydroxyl groups is 1. The molecule has 4 nitrogen and oxygen atoms in total. The SMILES string of the molecule is Nc1cccc[n+]1C[C@@H](O)COc1ccccc1. The fraction of sp³-hybridized carbons (Fsp3) is 0.214. The zero-order valence-corrected chi connectivity index (χ0v) is 10.1. The molecule has 0 unspecified atom stereocenters. The van der Waals surface area contributed by atoms with E-state index in [-0.39, 0.29) is 6.61 Å². The van der Waals surface area contributed by atoms with Crippen LogP contribution in [0.3, 0.4) is 0 Å². The molecule has 94 valence electrons. The summed E-state index contributed by atoms with van der Waals surface area (Å²) in [6, 6.07) is 15.0. The highest BCUT2D eigenvalue weighted by Crippen LogP contribution is 2.08. The molecule has 0 bridgehead atoms. The predicted octanol–water partition coefficient (Wildman–Crippen LogP) is 0.996. The molecule has 0 aliphatic rings. The molecule has 0 spiro atoms. The van der Waals surface area contributed by atoms with Crippen molar-refractivity contribution in [3.8, 4) is 5.75 Å². The zero-order valence-electron chi connectivity index (χ0n) is 10.1. The Morgan fingerprint density at radius 1 is 1.11 bits per heavy atom. The van der Waals surface area contributed by atoms with E-state index >= 15 is 0 Å². The summed E-state index contributed by atoms with van der Waals surface area (Å²) in [4.78, 5) is 0. The van der Waals surface area contributed by atoms with Crippen LogP contribution in [-0.4, -0.2) is 17.8 Å². The average Bonchev–Trinajstić information content (AvgIpc) is 2.40. The minimum atomic E-state index is -0.597. The third kappa shape index (κ3) is 3.46. The summed E-state index contributed by atoms with van der Waals surface area (Å²) in [6.45, 7) is 0.658. The summed E-state index contributed by atoms with van der Waals surface area (Å²) in [5.41, 5.74) is 5.79. The van der Waals surface area contributed by atoms with E-state index in [1.165, 1.54) is 0 Å². The van der Waals surface area contributed by atoms with Crippen LogP contribution < -0.4 is 15.0 Å². The second-order valence-electron chi connectivity index (χ2n) is 4.06. The molecule has 1 aromatic carbocycles. The van der Waals surface area contributed by atoms with Crippen LogP contribution in [0.5, 0.6) is 5.75 Å². The quantitative estimate of drug-likeness (QED) is 0.772. The molecule has 0 saturated carbocycles. The van der Waals surface area contributed by atoms with Gasteiger partial charge in [-0.1, -0.05) is 24.3 Å². The van der Waals surface area contributed by atoms with Crippen molar-refractivity contribution in [3.05, 3.63) is 54.7 Å². The summed E-state index contributed by atoms with van der Waals surface area (Å²) in [5, 5.41) is 9.89. The monoisotopic (exact) mass is 245 g/mol. The third-order valence-corrected chi connectivity index (χ3v) is 2.57. The van der Waals surface area contributed by atoms with Gasteiger partial charge < -0.3 is 9.84 Å². The lowest BCUT2D eigenvalue weighted by molar-refractivity contribution is -0.689. The second-order valence-corrected chi connectivity index (χ2v) is 4.06. The molecule has 1 heterocycles. The topological polar surface area (TPSA) is 59.4 Å². The second kappa shape index (κ2) is 6.02. The molecule has 0 radical (unpaired) electrons. The van der Waals surface area contributed by atoms with Crippen LogP contribution in [0.2, 0.25) is 0 Å². The van der Waals surface area contributed by atoms with Gasteiger partial charge in [-0.3, -0.25) is 5.73 Å². The molecule has 0 amide bonds. The highest BCUT2D eigenvalue weighted by Gasteiger charge is 2.11. The fourth-order valence-electron chi connectivity index (χ4n) is 1.64. The number of pyridine rings is 1. The molecule has 2 aromatic rings. The number of hydrogen-bond acceptors (Lipinski definition) is 3. The van der Waals surface area contributed by atoms with Crippen LogP contribution in [0.4, 0.5) is 5.82 Å². The van der Waals surface area contributed by atoms with E-state index in [2.05, 4.69) is 0 Å². The molecule has 0 saturated heterocycles. The van der Waals surface area contributed by atoms with E-state index in [4.69, 9.17) is 10.5 Å². The Kier molecular flexibility index (Phi) is 4.15. The van der Waals surface area contributed by atoms with Crippen LogP contribution in [0.25, 0.3) is 0 Å². The summed E-state index contributed by atoms with van der Waals surface area (Å²) in [7, 11) is 0. The maximum Gasteiger partial charge on any atom is 0.272 e. The first-order valence-electron chi connectivity index (χ1n) is 5.85. The number of nitrogens with zero attached hydrogens (tertiary/aromatic N) is 1. The molecule has 0 aliphatic heterocycles. The highest BCUT2D eigenvalue weighted by atomic mass is 16.5. The molecule has 18 heavy (non-hydrogen) atoms. The lowest BCUT2D eigenvalue weighted by Gasteiger charge is -2.12. The average molecular weight is 245 g/mol. The molecule has 0 fully saturated rings. The Morgan fingerprint density at radius 2 is 1.83 bits per heavy atom. The molecule has 4 heteroatoms. The van der Waals surface area contributed by atoms with Gasteiger partial charge in [-0.05, 0) is 18.2 Å². The smallest absolute Gasteiger partial charge is 0.272 e. The lowest BCUT2D eigenvalue weighted by Crippen LogP contribution is -2.43. The maximum absolute atomic E-state index is 9.89. The summed E-state index contributed by atoms with van der Waals surface area (Å²) >= 11 is 0. The molecular formula is C14H17N2O2+. The van der Waals surface area contributed by atoms with Crippen LogP contribution in [-0.2, 0) is 6.54 Å². The van der Waals surface area contributed by atoms with Crippen molar-refractivity contribution in [2.75, 3.05) is 12.3 Å². The van der Waals surface area contributed by atoms with Gasteiger partial charge in [-0.15, -0.1) is 0 Å². The van der Waals surface area contributed by atoms with Crippen molar-refractivity contribution in [3.63, 3.8) is 0 Å².